The number of thioether (sulfide) groups is 1. The lowest BCUT2D eigenvalue weighted by Crippen LogP contribution is -2.38. The zero-order valence-electron chi connectivity index (χ0n) is 22.6. The Bertz CT molecular complexity index is 1520. The number of amides is 2. The summed E-state index contributed by atoms with van der Waals surface area (Å²) in [6.07, 6.45) is -1.05. The Kier molecular flexibility index (Phi) is 7.67. The van der Waals surface area contributed by atoms with Gasteiger partial charge in [-0.1, -0.05) is 79.3 Å². The van der Waals surface area contributed by atoms with E-state index < -0.39 is 6.29 Å². The second kappa shape index (κ2) is 11.5. The summed E-state index contributed by atoms with van der Waals surface area (Å²) in [5, 5.41) is 21.9. The van der Waals surface area contributed by atoms with Crippen molar-refractivity contribution in [3.63, 3.8) is 0 Å². The third-order valence-corrected chi connectivity index (χ3v) is 8.65. The average Bonchev–Trinajstić information content (AvgIpc) is 3.53. The Hall–Kier alpha value is -3.90. The molecule has 1 N–H and O–H groups in total. The van der Waals surface area contributed by atoms with E-state index in [0.717, 1.165) is 22.3 Å². The second-order valence-electron chi connectivity index (χ2n) is 10.2. The van der Waals surface area contributed by atoms with Crippen LogP contribution in [0.25, 0.3) is 0 Å². The zero-order valence-corrected chi connectivity index (χ0v) is 23.4. The fourth-order valence-corrected chi connectivity index (χ4v) is 6.17. The van der Waals surface area contributed by atoms with Crippen molar-refractivity contribution in [1.29, 1.82) is 0 Å². The van der Waals surface area contributed by atoms with Crippen LogP contribution in [0.5, 0.6) is 0 Å². The summed E-state index contributed by atoms with van der Waals surface area (Å²) < 4.78 is 14.6. The Balaban J connectivity index is 1.21. The van der Waals surface area contributed by atoms with Gasteiger partial charge in [-0.2, -0.15) is 0 Å². The number of hydrogen-bond acceptors (Lipinski definition) is 9. The number of carbonyl (C=O) groups excluding carboxylic acids is 2. The first kappa shape index (κ1) is 27.3. The van der Waals surface area contributed by atoms with Gasteiger partial charge in [0.25, 0.3) is 11.8 Å². The van der Waals surface area contributed by atoms with Crippen LogP contribution < -0.4 is 0 Å². The lowest BCUT2D eigenvalue weighted by atomic mass is 9.91. The van der Waals surface area contributed by atoms with Crippen molar-refractivity contribution in [2.75, 3.05) is 5.75 Å². The van der Waals surface area contributed by atoms with E-state index in [0.29, 0.717) is 22.0 Å². The molecule has 4 aromatic rings. The molecule has 3 heterocycles. The van der Waals surface area contributed by atoms with Gasteiger partial charge in [-0.25, -0.2) is 4.68 Å². The highest BCUT2D eigenvalue weighted by Gasteiger charge is 2.39. The van der Waals surface area contributed by atoms with Crippen LogP contribution in [0.15, 0.2) is 78.0 Å². The van der Waals surface area contributed by atoms with Crippen molar-refractivity contribution in [1.82, 2.24) is 25.1 Å². The van der Waals surface area contributed by atoms with E-state index in [2.05, 4.69) is 22.4 Å². The molecule has 4 atom stereocenters. The van der Waals surface area contributed by atoms with E-state index in [4.69, 9.17) is 9.47 Å². The van der Waals surface area contributed by atoms with E-state index in [9.17, 15) is 14.7 Å². The minimum absolute atomic E-state index is 0.0213. The molecule has 0 spiro atoms. The molecule has 0 unspecified atom stereocenters. The highest BCUT2D eigenvalue weighted by atomic mass is 32.2. The van der Waals surface area contributed by atoms with Gasteiger partial charge in [-0.05, 0) is 39.2 Å². The number of tetrazole rings is 1. The van der Waals surface area contributed by atoms with E-state index in [-0.39, 0.29) is 43.1 Å². The minimum atomic E-state index is -0.634. The Labute approximate surface area is 241 Å². The van der Waals surface area contributed by atoms with Crippen LogP contribution in [0.4, 0.5) is 0 Å². The molecule has 0 bridgehead atoms. The molecule has 1 aromatic heterocycles. The summed E-state index contributed by atoms with van der Waals surface area (Å²) in [6, 6.07) is 22.3. The maximum Gasteiger partial charge on any atom is 0.261 e. The van der Waals surface area contributed by atoms with Gasteiger partial charge in [0.05, 0.1) is 36.5 Å². The van der Waals surface area contributed by atoms with Crippen LogP contribution in [0, 0.1) is 5.92 Å². The van der Waals surface area contributed by atoms with Gasteiger partial charge in [0.1, 0.15) is 0 Å². The number of rotatable bonds is 8. The highest BCUT2D eigenvalue weighted by molar-refractivity contribution is 7.99. The summed E-state index contributed by atoms with van der Waals surface area (Å²) in [7, 11) is 1.80. The molecule has 0 radical (unpaired) electrons. The van der Waals surface area contributed by atoms with E-state index >= 15 is 0 Å². The fourth-order valence-electron chi connectivity index (χ4n) is 5.16. The molecule has 1 fully saturated rings. The summed E-state index contributed by atoms with van der Waals surface area (Å²) in [6.45, 7) is 2.26. The van der Waals surface area contributed by atoms with Crippen LogP contribution in [0.1, 0.15) is 62.3 Å². The van der Waals surface area contributed by atoms with Crippen LogP contribution in [0.2, 0.25) is 0 Å². The Morgan fingerprint density at radius 2 is 1.51 bits per heavy atom. The third kappa shape index (κ3) is 5.41. The predicted octanol–water partition coefficient (Wildman–Crippen LogP) is 4.08. The van der Waals surface area contributed by atoms with Gasteiger partial charge in [0, 0.05) is 24.3 Å². The number of aliphatic hydroxyl groups excluding tert-OH is 1. The van der Waals surface area contributed by atoms with Gasteiger partial charge < -0.3 is 14.6 Å². The molecule has 3 aromatic carbocycles. The molecule has 41 heavy (non-hydrogen) atoms. The van der Waals surface area contributed by atoms with Crippen LogP contribution in [0.3, 0.4) is 0 Å². The number of aliphatic hydroxyl groups is 1. The SMILES string of the molecule is C[C@H]1[C@@H](CSc2nnnn2C)O[C@@H](c2ccc(CN3C(=O)c4ccccc4C3=O)cc2)O[C@H]1c1ccc(CO)cc1. The molecule has 6 rings (SSSR count). The molecule has 10 nitrogen and oxygen atoms in total. The molecule has 2 aliphatic heterocycles. The zero-order chi connectivity index (χ0) is 28.5. The van der Waals surface area contributed by atoms with Gasteiger partial charge >= 0.3 is 0 Å². The number of aryl methyl sites for hydroxylation is 1. The number of ether oxygens (including phenoxy) is 2. The molecule has 11 heteroatoms. The van der Waals surface area contributed by atoms with Crippen molar-refractivity contribution in [3.05, 3.63) is 106 Å². The highest BCUT2D eigenvalue weighted by Crippen LogP contribution is 2.43. The number of nitrogens with zero attached hydrogens (tertiary/aromatic N) is 5. The van der Waals surface area contributed by atoms with Gasteiger partial charge in [-0.3, -0.25) is 14.5 Å². The van der Waals surface area contributed by atoms with Gasteiger partial charge in [0.2, 0.25) is 5.16 Å². The Morgan fingerprint density at radius 1 is 0.878 bits per heavy atom. The maximum atomic E-state index is 12.8. The van der Waals surface area contributed by atoms with Crippen molar-refractivity contribution >= 4 is 23.6 Å². The molecule has 0 aliphatic carbocycles. The second-order valence-corrected chi connectivity index (χ2v) is 11.2. The standard InChI is InChI=1S/C30H29N5O5S/c1-18-25(17-41-30-31-32-33-34(30)2)39-29(40-26(18)21-11-9-20(16-36)10-12-21)22-13-7-19(8-14-22)15-35-27(37)23-5-3-4-6-24(23)28(35)38/h3-14,18,25-26,29,36H,15-17H2,1-2H3/t18-,25+,26+,29+/m0/s1. The smallest absolute Gasteiger partial charge is 0.261 e. The van der Waals surface area contributed by atoms with Crippen molar-refractivity contribution in [3.8, 4) is 0 Å². The third-order valence-electron chi connectivity index (χ3n) is 7.55. The number of hydrogen-bond donors (Lipinski definition) is 1. The predicted molar refractivity (Wildman–Crippen MR) is 150 cm³/mol. The molecule has 0 saturated carbocycles. The topological polar surface area (TPSA) is 120 Å². The van der Waals surface area contributed by atoms with E-state index in [1.807, 2.05) is 48.5 Å². The average molecular weight is 572 g/mol. The maximum absolute atomic E-state index is 12.8. The first-order chi connectivity index (χ1) is 19.9. The van der Waals surface area contributed by atoms with Crippen LogP contribution >= 0.6 is 11.8 Å². The number of aromatic nitrogens is 4. The van der Waals surface area contributed by atoms with Crippen LogP contribution in [-0.4, -0.2) is 53.9 Å². The largest absolute Gasteiger partial charge is 0.392 e. The van der Waals surface area contributed by atoms with Crippen molar-refractivity contribution in [2.24, 2.45) is 13.0 Å². The Morgan fingerprint density at radius 3 is 2.12 bits per heavy atom. The molecular weight excluding hydrogens is 542 g/mol. The monoisotopic (exact) mass is 571 g/mol. The fraction of sp³-hybridized carbons (Fsp3) is 0.300. The molecule has 2 amide bonds. The number of benzene rings is 3. The molecule has 2 aliphatic rings. The van der Waals surface area contributed by atoms with Crippen LogP contribution in [-0.2, 0) is 29.7 Å². The van der Waals surface area contributed by atoms with Crippen molar-refractivity contribution in [2.45, 2.75) is 43.7 Å². The quantitative estimate of drug-likeness (QED) is 0.246. The number of carbonyl (C=O) groups is 2. The van der Waals surface area contributed by atoms with Gasteiger partial charge in [0.15, 0.2) is 6.29 Å². The summed E-state index contributed by atoms with van der Waals surface area (Å²) in [5.41, 5.74) is 4.36. The first-order valence-electron chi connectivity index (χ1n) is 13.3. The normalized spacial score (nSPS) is 22.3. The van der Waals surface area contributed by atoms with E-state index in [1.54, 1.807) is 36.0 Å². The lowest BCUT2D eigenvalue weighted by Gasteiger charge is -2.41. The van der Waals surface area contributed by atoms with E-state index in [1.165, 1.54) is 16.7 Å². The summed E-state index contributed by atoms with van der Waals surface area (Å²) >= 11 is 1.52. The van der Waals surface area contributed by atoms with Gasteiger partial charge in [-0.15, -0.1) is 5.10 Å². The summed E-state index contributed by atoms with van der Waals surface area (Å²) in [5.74, 6) is 0.0819. The summed E-state index contributed by atoms with van der Waals surface area (Å²) in [4.78, 5) is 26.9. The minimum Gasteiger partial charge on any atom is -0.392 e. The molecule has 210 valence electrons. The lowest BCUT2D eigenvalue weighted by molar-refractivity contribution is -0.268. The number of imide groups is 1. The van der Waals surface area contributed by atoms with Crippen molar-refractivity contribution < 1.29 is 24.2 Å². The molecule has 1 saturated heterocycles. The number of fused-ring (bicyclic) bond motifs is 1. The first-order valence-corrected chi connectivity index (χ1v) is 14.3. The molecular formula is C30H29N5O5S.